The number of pyridine rings is 1. The van der Waals surface area contributed by atoms with Crippen LogP contribution in [0.2, 0.25) is 5.15 Å². The number of hydrogen-bond donors (Lipinski definition) is 0. The van der Waals surface area contributed by atoms with Crippen molar-refractivity contribution in [3.05, 3.63) is 64.9 Å². The van der Waals surface area contributed by atoms with E-state index >= 15 is 0 Å². The van der Waals surface area contributed by atoms with Gasteiger partial charge in [0.2, 0.25) is 0 Å². The molecule has 0 N–H and O–H groups in total. The molecule has 0 atom stereocenters. The first-order chi connectivity index (χ1) is 10.7. The molecule has 4 nitrogen and oxygen atoms in total. The Labute approximate surface area is 135 Å². The second-order valence-electron chi connectivity index (χ2n) is 5.40. The summed E-state index contributed by atoms with van der Waals surface area (Å²) in [6, 6.07) is 15.5. The van der Waals surface area contributed by atoms with Gasteiger partial charge in [0.15, 0.2) is 0 Å². The average Bonchev–Trinajstić information content (AvgIpc) is 2.56. The average molecular weight is 316 g/mol. The SMILES string of the molecule is O=C(c1cccc(Cl)n1)N1CCN(Cc2ccccc2)CC1. The Hall–Kier alpha value is -1.91. The molecule has 1 aromatic carbocycles. The minimum absolute atomic E-state index is 0.0399. The maximum atomic E-state index is 12.4. The molecule has 1 amide bonds. The van der Waals surface area contributed by atoms with Crippen LogP contribution in [0.5, 0.6) is 0 Å². The van der Waals surface area contributed by atoms with Gasteiger partial charge in [0.1, 0.15) is 10.8 Å². The normalized spacial score (nSPS) is 15.8. The number of aromatic nitrogens is 1. The Morgan fingerprint density at radius 2 is 1.73 bits per heavy atom. The van der Waals surface area contributed by atoms with Gasteiger partial charge in [-0.2, -0.15) is 0 Å². The second kappa shape index (κ2) is 6.90. The van der Waals surface area contributed by atoms with Gasteiger partial charge < -0.3 is 4.90 Å². The molecular formula is C17H18ClN3O. The molecule has 1 aliphatic heterocycles. The lowest BCUT2D eigenvalue weighted by Gasteiger charge is -2.34. The Kier molecular flexibility index (Phi) is 4.71. The highest BCUT2D eigenvalue weighted by Crippen LogP contribution is 2.12. The smallest absolute Gasteiger partial charge is 0.272 e. The van der Waals surface area contributed by atoms with Crippen LogP contribution >= 0.6 is 11.6 Å². The topological polar surface area (TPSA) is 36.4 Å². The summed E-state index contributed by atoms with van der Waals surface area (Å²) in [5.41, 5.74) is 1.72. The van der Waals surface area contributed by atoms with Crippen molar-refractivity contribution in [3.8, 4) is 0 Å². The van der Waals surface area contributed by atoms with Gasteiger partial charge >= 0.3 is 0 Å². The van der Waals surface area contributed by atoms with Crippen LogP contribution < -0.4 is 0 Å². The summed E-state index contributed by atoms with van der Waals surface area (Å²) in [5, 5.41) is 0.355. The molecule has 114 valence electrons. The number of carbonyl (C=O) groups excluding carboxylic acids is 1. The molecule has 2 aromatic rings. The number of halogens is 1. The molecule has 0 radical (unpaired) electrons. The zero-order chi connectivity index (χ0) is 15.4. The van der Waals surface area contributed by atoms with Crippen LogP contribution in [0.1, 0.15) is 16.1 Å². The van der Waals surface area contributed by atoms with E-state index in [4.69, 9.17) is 11.6 Å². The minimum atomic E-state index is -0.0399. The highest BCUT2D eigenvalue weighted by Gasteiger charge is 2.22. The predicted molar refractivity (Wildman–Crippen MR) is 86.9 cm³/mol. The van der Waals surface area contributed by atoms with Crippen molar-refractivity contribution in [2.24, 2.45) is 0 Å². The third-order valence-corrected chi connectivity index (χ3v) is 4.05. The standard InChI is InChI=1S/C17H18ClN3O/c18-16-8-4-7-15(19-16)17(22)21-11-9-20(10-12-21)13-14-5-2-1-3-6-14/h1-8H,9-13H2. The Bertz CT molecular complexity index is 639. The van der Waals surface area contributed by atoms with Crippen molar-refractivity contribution in [3.63, 3.8) is 0 Å². The summed E-state index contributed by atoms with van der Waals surface area (Å²) in [6.45, 7) is 4.13. The summed E-state index contributed by atoms with van der Waals surface area (Å²) >= 11 is 5.85. The molecule has 1 fully saturated rings. The van der Waals surface area contributed by atoms with E-state index in [1.807, 2.05) is 11.0 Å². The Balaban J connectivity index is 1.56. The summed E-state index contributed by atoms with van der Waals surface area (Å²) in [6.07, 6.45) is 0. The van der Waals surface area contributed by atoms with Gasteiger partial charge in [0.05, 0.1) is 0 Å². The lowest BCUT2D eigenvalue weighted by Crippen LogP contribution is -2.48. The van der Waals surface area contributed by atoms with Gasteiger partial charge in [0, 0.05) is 32.7 Å². The molecule has 0 saturated carbocycles. The van der Waals surface area contributed by atoms with Gasteiger partial charge in [-0.15, -0.1) is 0 Å². The van der Waals surface area contributed by atoms with E-state index in [9.17, 15) is 4.79 Å². The highest BCUT2D eigenvalue weighted by atomic mass is 35.5. The van der Waals surface area contributed by atoms with Crippen molar-refractivity contribution < 1.29 is 4.79 Å². The third-order valence-electron chi connectivity index (χ3n) is 3.84. The summed E-state index contributed by atoms with van der Waals surface area (Å²) in [5.74, 6) is -0.0399. The van der Waals surface area contributed by atoms with Crippen molar-refractivity contribution >= 4 is 17.5 Å². The molecule has 1 saturated heterocycles. The predicted octanol–water partition coefficient (Wildman–Crippen LogP) is 2.69. The van der Waals surface area contributed by atoms with Gasteiger partial charge in [-0.1, -0.05) is 48.0 Å². The van der Waals surface area contributed by atoms with Gasteiger partial charge in [-0.25, -0.2) is 4.98 Å². The van der Waals surface area contributed by atoms with Crippen molar-refractivity contribution in [1.82, 2.24) is 14.8 Å². The van der Waals surface area contributed by atoms with Crippen LogP contribution in [-0.4, -0.2) is 46.9 Å². The zero-order valence-corrected chi connectivity index (χ0v) is 13.0. The number of nitrogens with zero attached hydrogens (tertiary/aromatic N) is 3. The fraction of sp³-hybridized carbons (Fsp3) is 0.294. The fourth-order valence-electron chi connectivity index (χ4n) is 2.64. The maximum absolute atomic E-state index is 12.4. The second-order valence-corrected chi connectivity index (χ2v) is 5.79. The van der Waals surface area contributed by atoms with E-state index in [1.54, 1.807) is 18.2 Å². The third kappa shape index (κ3) is 3.64. The molecule has 1 aromatic heterocycles. The number of carbonyl (C=O) groups is 1. The van der Waals surface area contributed by atoms with Gasteiger partial charge in [-0.05, 0) is 17.7 Å². The van der Waals surface area contributed by atoms with Crippen LogP contribution in [0.25, 0.3) is 0 Å². The van der Waals surface area contributed by atoms with Crippen LogP contribution in [0.15, 0.2) is 48.5 Å². The first-order valence-electron chi connectivity index (χ1n) is 7.40. The van der Waals surface area contributed by atoms with Gasteiger partial charge in [0.25, 0.3) is 5.91 Å². The minimum Gasteiger partial charge on any atom is -0.335 e. The van der Waals surface area contributed by atoms with E-state index in [1.165, 1.54) is 5.56 Å². The molecule has 5 heteroatoms. The molecule has 3 rings (SSSR count). The highest BCUT2D eigenvalue weighted by molar-refractivity contribution is 6.29. The number of benzene rings is 1. The lowest BCUT2D eigenvalue weighted by atomic mass is 10.2. The maximum Gasteiger partial charge on any atom is 0.272 e. The van der Waals surface area contributed by atoms with Crippen molar-refractivity contribution in [2.75, 3.05) is 26.2 Å². The van der Waals surface area contributed by atoms with E-state index in [0.717, 1.165) is 32.7 Å². The lowest BCUT2D eigenvalue weighted by molar-refractivity contribution is 0.0623. The van der Waals surface area contributed by atoms with Gasteiger partial charge in [-0.3, -0.25) is 9.69 Å². The molecule has 0 spiro atoms. The van der Waals surface area contributed by atoms with Crippen molar-refractivity contribution in [1.29, 1.82) is 0 Å². The Morgan fingerprint density at radius 3 is 2.41 bits per heavy atom. The molecule has 2 heterocycles. The molecule has 1 aliphatic rings. The summed E-state index contributed by atoms with van der Waals surface area (Å²) < 4.78 is 0. The zero-order valence-electron chi connectivity index (χ0n) is 12.3. The van der Waals surface area contributed by atoms with Crippen LogP contribution in [0.3, 0.4) is 0 Å². The fourth-order valence-corrected chi connectivity index (χ4v) is 2.80. The molecule has 0 aliphatic carbocycles. The first kappa shape index (κ1) is 15.0. The molecular weight excluding hydrogens is 298 g/mol. The Morgan fingerprint density at radius 1 is 1.00 bits per heavy atom. The number of amides is 1. The van der Waals surface area contributed by atoms with Crippen LogP contribution in [0.4, 0.5) is 0 Å². The van der Waals surface area contributed by atoms with Crippen LogP contribution in [-0.2, 0) is 6.54 Å². The summed E-state index contributed by atoms with van der Waals surface area (Å²) in [7, 11) is 0. The number of rotatable bonds is 3. The van der Waals surface area contributed by atoms with Crippen LogP contribution in [0, 0.1) is 0 Å². The molecule has 0 bridgehead atoms. The van der Waals surface area contributed by atoms with Crippen molar-refractivity contribution in [2.45, 2.75) is 6.54 Å². The largest absolute Gasteiger partial charge is 0.335 e. The first-order valence-corrected chi connectivity index (χ1v) is 7.78. The molecule has 0 unspecified atom stereocenters. The van der Waals surface area contributed by atoms with E-state index in [0.29, 0.717) is 10.8 Å². The molecule has 22 heavy (non-hydrogen) atoms. The quantitative estimate of drug-likeness (QED) is 0.817. The van der Waals surface area contributed by atoms with E-state index < -0.39 is 0 Å². The summed E-state index contributed by atoms with van der Waals surface area (Å²) in [4.78, 5) is 20.7. The van der Waals surface area contributed by atoms with E-state index in [2.05, 4.69) is 34.1 Å². The number of hydrogen-bond acceptors (Lipinski definition) is 3. The van der Waals surface area contributed by atoms with E-state index in [-0.39, 0.29) is 5.91 Å². The monoisotopic (exact) mass is 315 g/mol. The number of piperazine rings is 1.